The lowest BCUT2D eigenvalue weighted by Crippen LogP contribution is -1.95. The van der Waals surface area contributed by atoms with Gasteiger partial charge in [0.1, 0.15) is 5.78 Å². The summed E-state index contributed by atoms with van der Waals surface area (Å²) in [5, 5.41) is 4.32. The summed E-state index contributed by atoms with van der Waals surface area (Å²) in [7, 11) is 1.92. The monoisotopic (exact) mass is 228 g/mol. The van der Waals surface area contributed by atoms with E-state index in [-0.39, 0.29) is 5.78 Å². The summed E-state index contributed by atoms with van der Waals surface area (Å²) >= 11 is 0. The fraction of sp³-hybridized carbons (Fsp3) is 0.286. The molecule has 0 spiro atoms. The predicted molar refractivity (Wildman–Crippen MR) is 67.8 cm³/mol. The summed E-state index contributed by atoms with van der Waals surface area (Å²) in [6.07, 6.45) is 2.52. The molecule has 0 radical (unpaired) electrons. The van der Waals surface area contributed by atoms with E-state index in [2.05, 4.69) is 5.10 Å². The smallest absolute Gasteiger partial charge is 0.134 e. The molecule has 2 aromatic rings. The van der Waals surface area contributed by atoms with Crippen molar-refractivity contribution in [2.45, 2.75) is 20.3 Å². The number of hydrogen-bond acceptors (Lipinski definition) is 2. The molecule has 0 bridgehead atoms. The predicted octanol–water partition coefficient (Wildman–Crippen LogP) is 2.53. The molecule has 88 valence electrons. The molecule has 3 nitrogen and oxygen atoms in total. The van der Waals surface area contributed by atoms with E-state index in [1.54, 1.807) is 6.92 Å². The van der Waals surface area contributed by atoms with Gasteiger partial charge in [-0.1, -0.05) is 24.3 Å². The Morgan fingerprint density at radius 2 is 1.94 bits per heavy atom. The minimum atomic E-state index is 0.190. The molecule has 0 unspecified atom stereocenters. The van der Waals surface area contributed by atoms with Gasteiger partial charge in [-0.3, -0.25) is 9.48 Å². The number of benzene rings is 1. The number of aromatic nitrogens is 2. The van der Waals surface area contributed by atoms with E-state index >= 15 is 0 Å². The van der Waals surface area contributed by atoms with Crippen molar-refractivity contribution in [2.75, 3.05) is 0 Å². The number of ketones is 1. The van der Waals surface area contributed by atoms with Gasteiger partial charge < -0.3 is 0 Å². The second kappa shape index (κ2) is 4.53. The molecule has 1 aromatic carbocycles. The second-order valence-corrected chi connectivity index (χ2v) is 4.38. The minimum absolute atomic E-state index is 0.190. The van der Waals surface area contributed by atoms with Crippen LogP contribution in [-0.2, 0) is 18.3 Å². The molecule has 1 aromatic heterocycles. The van der Waals surface area contributed by atoms with E-state index < -0.39 is 0 Å². The molecule has 0 saturated heterocycles. The number of nitrogens with zero attached hydrogens (tertiary/aromatic N) is 2. The Morgan fingerprint density at radius 3 is 2.41 bits per heavy atom. The molecule has 0 aliphatic heterocycles. The standard InChI is InChI=1S/C14H16N2O/c1-10(17)8-12-4-6-13(7-5-12)14-9-16(3)15-11(14)2/h4-7,9H,8H2,1-3H3. The lowest BCUT2D eigenvalue weighted by Gasteiger charge is -2.01. The summed E-state index contributed by atoms with van der Waals surface area (Å²) in [4.78, 5) is 11.0. The first-order valence-corrected chi connectivity index (χ1v) is 5.65. The van der Waals surface area contributed by atoms with Crippen molar-refractivity contribution in [3.05, 3.63) is 41.7 Å². The zero-order valence-corrected chi connectivity index (χ0v) is 10.4. The van der Waals surface area contributed by atoms with Crippen LogP contribution in [0.3, 0.4) is 0 Å². The zero-order chi connectivity index (χ0) is 12.4. The Bertz CT molecular complexity index is 538. The number of carbonyl (C=O) groups excluding carboxylic acids is 1. The molecular weight excluding hydrogens is 212 g/mol. The van der Waals surface area contributed by atoms with Crippen molar-refractivity contribution in [2.24, 2.45) is 7.05 Å². The topological polar surface area (TPSA) is 34.9 Å². The summed E-state index contributed by atoms with van der Waals surface area (Å²) in [6.45, 7) is 3.61. The average molecular weight is 228 g/mol. The van der Waals surface area contributed by atoms with E-state index in [9.17, 15) is 4.79 Å². The highest BCUT2D eigenvalue weighted by Crippen LogP contribution is 2.22. The molecule has 0 amide bonds. The first-order valence-electron chi connectivity index (χ1n) is 5.65. The van der Waals surface area contributed by atoms with E-state index in [0.717, 1.165) is 22.4 Å². The Labute approximate surface area is 101 Å². The average Bonchev–Trinajstić information content (AvgIpc) is 2.58. The van der Waals surface area contributed by atoms with Gasteiger partial charge in [-0.2, -0.15) is 5.10 Å². The highest BCUT2D eigenvalue weighted by molar-refractivity contribution is 5.78. The molecule has 17 heavy (non-hydrogen) atoms. The van der Waals surface area contributed by atoms with Crippen LogP contribution in [0.25, 0.3) is 11.1 Å². The maximum Gasteiger partial charge on any atom is 0.134 e. The van der Waals surface area contributed by atoms with E-state index in [1.165, 1.54) is 0 Å². The third kappa shape index (κ3) is 2.61. The first-order chi connectivity index (χ1) is 8.06. The molecular formula is C14H16N2O. The zero-order valence-electron chi connectivity index (χ0n) is 10.4. The minimum Gasteiger partial charge on any atom is -0.300 e. The van der Waals surface area contributed by atoms with Crippen LogP contribution in [0.2, 0.25) is 0 Å². The van der Waals surface area contributed by atoms with Gasteiger partial charge >= 0.3 is 0 Å². The normalized spacial score (nSPS) is 10.5. The molecule has 0 atom stereocenters. The van der Waals surface area contributed by atoms with Gasteiger partial charge in [0.2, 0.25) is 0 Å². The number of aryl methyl sites for hydroxylation is 2. The van der Waals surface area contributed by atoms with Crippen LogP contribution in [0.15, 0.2) is 30.5 Å². The number of Topliss-reactive ketones (excluding diaryl/α,β-unsaturated/α-hetero) is 1. The van der Waals surface area contributed by atoms with Gasteiger partial charge in [-0.15, -0.1) is 0 Å². The third-order valence-electron chi connectivity index (χ3n) is 2.73. The van der Waals surface area contributed by atoms with Crippen LogP contribution in [0.1, 0.15) is 18.2 Å². The van der Waals surface area contributed by atoms with Gasteiger partial charge in [0.15, 0.2) is 0 Å². The first kappa shape index (κ1) is 11.6. The fourth-order valence-electron chi connectivity index (χ4n) is 1.97. The van der Waals surface area contributed by atoms with Crippen molar-refractivity contribution >= 4 is 5.78 Å². The van der Waals surface area contributed by atoms with Crippen molar-refractivity contribution in [1.82, 2.24) is 9.78 Å². The molecule has 0 saturated carbocycles. The summed E-state index contributed by atoms with van der Waals surface area (Å²) in [6, 6.07) is 8.09. The van der Waals surface area contributed by atoms with E-state index in [1.807, 2.05) is 49.1 Å². The summed E-state index contributed by atoms with van der Waals surface area (Å²) < 4.78 is 1.81. The van der Waals surface area contributed by atoms with Crippen LogP contribution in [-0.4, -0.2) is 15.6 Å². The third-order valence-corrected chi connectivity index (χ3v) is 2.73. The Balaban J connectivity index is 2.29. The molecule has 2 rings (SSSR count). The highest BCUT2D eigenvalue weighted by Gasteiger charge is 2.06. The van der Waals surface area contributed by atoms with Crippen molar-refractivity contribution < 1.29 is 4.79 Å². The second-order valence-electron chi connectivity index (χ2n) is 4.38. The van der Waals surface area contributed by atoms with E-state index in [0.29, 0.717) is 6.42 Å². The molecule has 0 N–H and O–H groups in total. The van der Waals surface area contributed by atoms with Gasteiger partial charge in [0, 0.05) is 25.2 Å². The number of hydrogen-bond donors (Lipinski definition) is 0. The summed E-state index contributed by atoms with van der Waals surface area (Å²) in [5.74, 6) is 0.190. The molecule has 1 heterocycles. The van der Waals surface area contributed by atoms with Crippen molar-refractivity contribution in [3.8, 4) is 11.1 Å². The van der Waals surface area contributed by atoms with Gasteiger partial charge in [0.25, 0.3) is 0 Å². The molecule has 0 aliphatic rings. The van der Waals surface area contributed by atoms with Gasteiger partial charge in [-0.05, 0) is 25.0 Å². The van der Waals surface area contributed by atoms with Gasteiger partial charge in [-0.25, -0.2) is 0 Å². The highest BCUT2D eigenvalue weighted by atomic mass is 16.1. The molecule has 0 aliphatic carbocycles. The number of carbonyl (C=O) groups is 1. The fourth-order valence-corrected chi connectivity index (χ4v) is 1.97. The summed E-state index contributed by atoms with van der Waals surface area (Å²) in [5.41, 5.74) is 4.36. The van der Waals surface area contributed by atoms with Crippen molar-refractivity contribution in [3.63, 3.8) is 0 Å². The Morgan fingerprint density at radius 1 is 1.29 bits per heavy atom. The Kier molecular flexibility index (Phi) is 3.09. The van der Waals surface area contributed by atoms with Crippen LogP contribution < -0.4 is 0 Å². The Hall–Kier alpha value is -1.90. The van der Waals surface area contributed by atoms with Crippen LogP contribution in [0.5, 0.6) is 0 Å². The van der Waals surface area contributed by atoms with Crippen LogP contribution in [0.4, 0.5) is 0 Å². The SMILES string of the molecule is CC(=O)Cc1ccc(-c2cn(C)nc2C)cc1. The van der Waals surface area contributed by atoms with Crippen LogP contribution >= 0.6 is 0 Å². The van der Waals surface area contributed by atoms with Gasteiger partial charge in [0.05, 0.1) is 5.69 Å². The maximum atomic E-state index is 11.0. The van der Waals surface area contributed by atoms with Crippen LogP contribution in [0, 0.1) is 6.92 Å². The molecule has 0 fully saturated rings. The lowest BCUT2D eigenvalue weighted by atomic mass is 10.0. The maximum absolute atomic E-state index is 11.0. The lowest BCUT2D eigenvalue weighted by molar-refractivity contribution is -0.116. The largest absolute Gasteiger partial charge is 0.300 e. The number of rotatable bonds is 3. The quantitative estimate of drug-likeness (QED) is 0.809. The van der Waals surface area contributed by atoms with E-state index in [4.69, 9.17) is 0 Å². The molecule has 3 heteroatoms. The van der Waals surface area contributed by atoms with Crippen molar-refractivity contribution in [1.29, 1.82) is 0 Å².